The molecule has 19 heavy (non-hydrogen) atoms. The van der Waals surface area contributed by atoms with Gasteiger partial charge in [0.05, 0.1) is 12.5 Å². The summed E-state index contributed by atoms with van der Waals surface area (Å²) in [5, 5.41) is 6.81. The highest BCUT2D eigenvalue weighted by Crippen LogP contribution is 2.17. The number of hydrogen-bond acceptors (Lipinski definition) is 5. The largest absolute Gasteiger partial charge is 0.497 e. The minimum Gasteiger partial charge on any atom is -0.497 e. The molecule has 0 spiro atoms. The standard InChI is InChI=1S/C13H14N2O4/c1-8(16)14-6-5-11-13(17)10-7-9(18-2)3-4-12(10)19-15-11/h3-4,7H,5-6H2,1-2H3,(H,14,16). The summed E-state index contributed by atoms with van der Waals surface area (Å²) in [5.74, 6) is 0.436. The van der Waals surface area contributed by atoms with Crippen molar-refractivity contribution in [1.29, 1.82) is 0 Å². The van der Waals surface area contributed by atoms with Crippen molar-refractivity contribution in [2.45, 2.75) is 13.3 Å². The topological polar surface area (TPSA) is 81.4 Å². The van der Waals surface area contributed by atoms with Crippen molar-refractivity contribution in [3.8, 4) is 5.75 Å². The number of nitrogens with one attached hydrogen (secondary N) is 1. The van der Waals surface area contributed by atoms with E-state index in [0.29, 0.717) is 29.7 Å². The minimum atomic E-state index is -0.203. The minimum absolute atomic E-state index is 0.146. The molecule has 100 valence electrons. The second-order valence-electron chi connectivity index (χ2n) is 4.05. The molecule has 0 radical (unpaired) electrons. The van der Waals surface area contributed by atoms with Gasteiger partial charge < -0.3 is 14.6 Å². The summed E-state index contributed by atoms with van der Waals surface area (Å²) in [4.78, 5) is 22.9. The summed E-state index contributed by atoms with van der Waals surface area (Å²) in [6.45, 7) is 1.77. The van der Waals surface area contributed by atoms with Gasteiger partial charge in [-0.05, 0) is 18.2 Å². The first kappa shape index (κ1) is 13.1. The molecular formula is C13H14N2O4. The smallest absolute Gasteiger partial charge is 0.216 e. The lowest BCUT2D eigenvalue weighted by atomic mass is 10.2. The average molecular weight is 262 g/mol. The Kier molecular flexibility index (Phi) is 3.79. The van der Waals surface area contributed by atoms with Gasteiger partial charge in [-0.1, -0.05) is 5.16 Å². The van der Waals surface area contributed by atoms with Crippen LogP contribution in [0.1, 0.15) is 12.6 Å². The Morgan fingerprint density at radius 3 is 2.95 bits per heavy atom. The van der Waals surface area contributed by atoms with E-state index in [1.807, 2.05) is 0 Å². The molecule has 0 aliphatic carbocycles. The van der Waals surface area contributed by atoms with Crippen LogP contribution < -0.4 is 15.5 Å². The van der Waals surface area contributed by atoms with Crippen LogP contribution in [0.3, 0.4) is 0 Å². The molecule has 1 amide bonds. The molecule has 6 nitrogen and oxygen atoms in total. The molecule has 0 atom stereocenters. The molecule has 0 saturated heterocycles. The molecule has 6 heteroatoms. The third-order valence-corrected chi connectivity index (χ3v) is 2.68. The van der Waals surface area contributed by atoms with Gasteiger partial charge in [-0.25, -0.2) is 0 Å². The van der Waals surface area contributed by atoms with Crippen molar-refractivity contribution in [1.82, 2.24) is 10.5 Å². The van der Waals surface area contributed by atoms with Crippen LogP contribution in [0.15, 0.2) is 27.5 Å². The Balaban J connectivity index is 2.33. The normalized spacial score (nSPS) is 10.4. The summed E-state index contributed by atoms with van der Waals surface area (Å²) in [7, 11) is 1.53. The molecule has 0 fully saturated rings. The SMILES string of the molecule is COc1ccc2onc(CCNC(C)=O)c(=O)c2c1. The zero-order chi connectivity index (χ0) is 13.8. The molecule has 2 rings (SSSR count). The first-order valence-electron chi connectivity index (χ1n) is 5.83. The number of ether oxygens (including phenoxy) is 1. The molecule has 0 aliphatic heterocycles. The maximum atomic E-state index is 12.2. The number of fused-ring (bicyclic) bond motifs is 1. The van der Waals surface area contributed by atoms with E-state index < -0.39 is 0 Å². The van der Waals surface area contributed by atoms with Crippen LogP contribution in [-0.4, -0.2) is 24.7 Å². The van der Waals surface area contributed by atoms with Crippen LogP contribution >= 0.6 is 0 Å². The van der Waals surface area contributed by atoms with E-state index in [1.165, 1.54) is 14.0 Å². The summed E-state index contributed by atoms with van der Waals surface area (Å²) >= 11 is 0. The predicted octanol–water partition coefficient (Wildman–Crippen LogP) is 0.875. The van der Waals surface area contributed by atoms with Gasteiger partial charge in [-0.2, -0.15) is 0 Å². The monoisotopic (exact) mass is 262 g/mol. The van der Waals surface area contributed by atoms with E-state index in [0.717, 1.165) is 0 Å². The Morgan fingerprint density at radius 1 is 1.47 bits per heavy atom. The maximum Gasteiger partial charge on any atom is 0.216 e. The second kappa shape index (κ2) is 5.51. The van der Waals surface area contributed by atoms with Crippen LogP contribution in [-0.2, 0) is 11.2 Å². The van der Waals surface area contributed by atoms with Crippen LogP contribution in [0.4, 0.5) is 0 Å². The second-order valence-corrected chi connectivity index (χ2v) is 4.05. The number of rotatable bonds is 4. The fourth-order valence-corrected chi connectivity index (χ4v) is 1.71. The molecule has 0 bridgehead atoms. The molecule has 2 aromatic rings. The summed E-state index contributed by atoms with van der Waals surface area (Å²) < 4.78 is 10.2. The Morgan fingerprint density at radius 2 is 2.26 bits per heavy atom. The van der Waals surface area contributed by atoms with Gasteiger partial charge in [0.15, 0.2) is 5.58 Å². The third kappa shape index (κ3) is 2.90. The van der Waals surface area contributed by atoms with Crippen LogP contribution in [0.25, 0.3) is 11.0 Å². The van der Waals surface area contributed by atoms with Crippen molar-refractivity contribution >= 4 is 16.9 Å². The lowest BCUT2D eigenvalue weighted by molar-refractivity contribution is -0.118. The quantitative estimate of drug-likeness (QED) is 0.884. The summed E-state index contributed by atoms with van der Waals surface area (Å²) in [6.07, 6.45) is 0.328. The molecule has 0 aliphatic rings. The van der Waals surface area contributed by atoms with Gasteiger partial charge in [0.25, 0.3) is 0 Å². The first-order valence-corrected chi connectivity index (χ1v) is 5.83. The molecule has 0 unspecified atom stereocenters. The highest BCUT2D eigenvalue weighted by molar-refractivity contribution is 5.78. The van der Waals surface area contributed by atoms with E-state index in [9.17, 15) is 9.59 Å². The van der Waals surface area contributed by atoms with E-state index >= 15 is 0 Å². The van der Waals surface area contributed by atoms with Gasteiger partial charge in [0, 0.05) is 19.9 Å². The summed E-state index contributed by atoms with van der Waals surface area (Å²) in [6, 6.07) is 4.95. The van der Waals surface area contributed by atoms with Gasteiger partial charge in [-0.15, -0.1) is 0 Å². The number of methoxy groups -OCH3 is 1. The number of aromatic nitrogens is 1. The third-order valence-electron chi connectivity index (χ3n) is 2.68. The van der Waals surface area contributed by atoms with E-state index in [4.69, 9.17) is 9.26 Å². The Labute approximate surface area is 109 Å². The number of benzene rings is 1. The Hall–Kier alpha value is -2.37. The van der Waals surface area contributed by atoms with E-state index in [1.54, 1.807) is 18.2 Å². The average Bonchev–Trinajstić information content (AvgIpc) is 2.41. The van der Waals surface area contributed by atoms with E-state index in [2.05, 4.69) is 10.5 Å². The molecule has 0 saturated carbocycles. The zero-order valence-electron chi connectivity index (χ0n) is 10.7. The molecule has 1 N–H and O–H groups in total. The van der Waals surface area contributed by atoms with Crippen molar-refractivity contribution in [2.75, 3.05) is 13.7 Å². The number of carbonyl (C=O) groups excluding carboxylic acids is 1. The van der Waals surface area contributed by atoms with Crippen LogP contribution in [0, 0.1) is 0 Å². The van der Waals surface area contributed by atoms with Crippen molar-refractivity contribution in [3.05, 3.63) is 34.1 Å². The van der Waals surface area contributed by atoms with Gasteiger partial charge in [-0.3, -0.25) is 9.59 Å². The predicted molar refractivity (Wildman–Crippen MR) is 69.2 cm³/mol. The first-order chi connectivity index (χ1) is 9.11. The zero-order valence-corrected chi connectivity index (χ0v) is 10.7. The molecule has 1 heterocycles. The van der Waals surface area contributed by atoms with Crippen LogP contribution in [0.5, 0.6) is 5.75 Å². The highest BCUT2D eigenvalue weighted by atomic mass is 16.5. The number of nitrogens with zero attached hydrogens (tertiary/aromatic N) is 1. The molecular weight excluding hydrogens is 248 g/mol. The van der Waals surface area contributed by atoms with Crippen molar-refractivity contribution in [2.24, 2.45) is 0 Å². The molecule has 1 aromatic heterocycles. The summed E-state index contributed by atoms with van der Waals surface area (Å²) in [5.41, 5.74) is 0.495. The highest BCUT2D eigenvalue weighted by Gasteiger charge is 2.09. The van der Waals surface area contributed by atoms with Crippen LogP contribution in [0.2, 0.25) is 0 Å². The fraction of sp³-hybridized carbons (Fsp3) is 0.308. The van der Waals surface area contributed by atoms with Gasteiger partial charge in [0.1, 0.15) is 11.4 Å². The lowest BCUT2D eigenvalue weighted by Crippen LogP contribution is -2.25. The van der Waals surface area contributed by atoms with Gasteiger partial charge >= 0.3 is 0 Å². The van der Waals surface area contributed by atoms with E-state index in [-0.39, 0.29) is 17.0 Å². The van der Waals surface area contributed by atoms with Crippen molar-refractivity contribution < 1.29 is 14.1 Å². The lowest BCUT2D eigenvalue weighted by Gasteiger charge is -2.03. The molecule has 1 aromatic carbocycles. The van der Waals surface area contributed by atoms with Gasteiger partial charge in [0.2, 0.25) is 11.3 Å². The fourth-order valence-electron chi connectivity index (χ4n) is 1.71. The van der Waals surface area contributed by atoms with Crippen molar-refractivity contribution in [3.63, 3.8) is 0 Å². The Bertz CT molecular complexity index is 663. The maximum absolute atomic E-state index is 12.2. The number of amides is 1. The number of hydrogen-bond donors (Lipinski definition) is 1. The number of carbonyl (C=O) groups is 1.